The zero-order chi connectivity index (χ0) is 14.3. The van der Waals surface area contributed by atoms with Crippen LogP contribution in [-0.4, -0.2) is 24.7 Å². The standard InChI is InChI=1S/C13H14IN5O/c1-18-6-10(13(14)17-18)12(20)9-7-19(5-8-2-3-8)16-11(9)4-15/h6-8,12,20H,2-3,5H2,1H3. The Balaban J connectivity index is 1.93. The summed E-state index contributed by atoms with van der Waals surface area (Å²) in [7, 11) is 1.81. The van der Waals surface area contributed by atoms with E-state index in [0.29, 0.717) is 17.0 Å². The van der Waals surface area contributed by atoms with Crippen molar-refractivity contribution in [2.45, 2.75) is 25.5 Å². The molecule has 0 amide bonds. The van der Waals surface area contributed by atoms with Crippen LogP contribution in [0.1, 0.15) is 35.8 Å². The summed E-state index contributed by atoms with van der Waals surface area (Å²) in [5, 5.41) is 28.2. The molecule has 1 atom stereocenters. The number of aryl methyl sites for hydroxylation is 1. The van der Waals surface area contributed by atoms with Gasteiger partial charge in [-0.1, -0.05) is 0 Å². The van der Waals surface area contributed by atoms with E-state index < -0.39 is 6.10 Å². The fourth-order valence-electron chi connectivity index (χ4n) is 2.21. The second-order valence-corrected chi connectivity index (χ2v) is 6.18. The summed E-state index contributed by atoms with van der Waals surface area (Å²) < 4.78 is 4.16. The van der Waals surface area contributed by atoms with E-state index in [1.165, 1.54) is 12.8 Å². The number of hydrogen-bond donors (Lipinski definition) is 1. The largest absolute Gasteiger partial charge is 0.383 e. The van der Waals surface area contributed by atoms with Crippen LogP contribution in [0.5, 0.6) is 0 Å². The Kier molecular flexibility index (Phi) is 3.52. The lowest BCUT2D eigenvalue weighted by atomic mass is 10.1. The molecule has 2 aromatic heterocycles. The Labute approximate surface area is 130 Å². The first-order valence-electron chi connectivity index (χ1n) is 6.43. The van der Waals surface area contributed by atoms with Crippen LogP contribution in [0, 0.1) is 20.9 Å². The molecule has 1 N–H and O–H groups in total. The summed E-state index contributed by atoms with van der Waals surface area (Å²) >= 11 is 2.08. The normalized spacial score (nSPS) is 16.1. The van der Waals surface area contributed by atoms with Gasteiger partial charge < -0.3 is 5.11 Å². The van der Waals surface area contributed by atoms with Gasteiger partial charge in [0.1, 0.15) is 15.9 Å². The first-order chi connectivity index (χ1) is 9.58. The topological polar surface area (TPSA) is 79.7 Å². The third kappa shape index (κ3) is 2.58. The molecule has 104 valence electrons. The van der Waals surface area contributed by atoms with Gasteiger partial charge in [-0.3, -0.25) is 9.36 Å². The quantitative estimate of drug-likeness (QED) is 0.814. The van der Waals surface area contributed by atoms with Crippen LogP contribution < -0.4 is 0 Å². The lowest BCUT2D eigenvalue weighted by Crippen LogP contribution is -2.01. The van der Waals surface area contributed by atoms with Crippen molar-refractivity contribution in [3.8, 4) is 6.07 Å². The highest BCUT2D eigenvalue weighted by Gasteiger charge is 2.26. The van der Waals surface area contributed by atoms with Gasteiger partial charge in [-0.2, -0.15) is 15.5 Å². The van der Waals surface area contributed by atoms with E-state index in [4.69, 9.17) is 0 Å². The van der Waals surface area contributed by atoms with Crippen molar-refractivity contribution in [2.75, 3.05) is 0 Å². The van der Waals surface area contributed by atoms with Crippen molar-refractivity contribution in [2.24, 2.45) is 13.0 Å². The minimum atomic E-state index is -0.863. The van der Waals surface area contributed by atoms with Crippen molar-refractivity contribution >= 4 is 22.6 Å². The highest BCUT2D eigenvalue weighted by Crippen LogP contribution is 2.32. The molecule has 2 aromatic rings. The number of nitriles is 1. The van der Waals surface area contributed by atoms with Crippen LogP contribution >= 0.6 is 22.6 Å². The van der Waals surface area contributed by atoms with Crippen molar-refractivity contribution < 1.29 is 5.11 Å². The predicted molar refractivity (Wildman–Crippen MR) is 79.7 cm³/mol. The molecule has 0 spiro atoms. The van der Waals surface area contributed by atoms with Gasteiger partial charge in [0.05, 0.1) is 0 Å². The van der Waals surface area contributed by atoms with E-state index in [1.54, 1.807) is 28.8 Å². The molecular weight excluding hydrogens is 369 g/mol. The molecule has 7 heteroatoms. The Hall–Kier alpha value is -1.40. The highest BCUT2D eigenvalue weighted by molar-refractivity contribution is 14.1. The fraction of sp³-hybridized carbons (Fsp3) is 0.462. The summed E-state index contributed by atoms with van der Waals surface area (Å²) in [6, 6.07) is 2.06. The van der Waals surface area contributed by atoms with Gasteiger partial charge in [0.25, 0.3) is 0 Å². The minimum absolute atomic E-state index is 0.290. The molecule has 0 radical (unpaired) electrons. The molecule has 1 unspecified atom stereocenters. The molecule has 20 heavy (non-hydrogen) atoms. The third-order valence-electron chi connectivity index (χ3n) is 3.44. The Bertz CT molecular complexity index is 679. The van der Waals surface area contributed by atoms with Crippen molar-refractivity contribution in [3.63, 3.8) is 0 Å². The average molecular weight is 383 g/mol. The maximum absolute atomic E-state index is 10.5. The molecule has 3 rings (SSSR count). The van der Waals surface area contributed by atoms with Crippen molar-refractivity contribution in [1.82, 2.24) is 19.6 Å². The van der Waals surface area contributed by atoms with Crippen LogP contribution in [-0.2, 0) is 13.6 Å². The molecule has 2 heterocycles. The van der Waals surface area contributed by atoms with Crippen LogP contribution in [0.4, 0.5) is 0 Å². The minimum Gasteiger partial charge on any atom is -0.383 e. The first-order valence-corrected chi connectivity index (χ1v) is 7.51. The molecule has 1 aliphatic rings. The fourth-order valence-corrected chi connectivity index (χ4v) is 2.99. The highest BCUT2D eigenvalue weighted by atomic mass is 127. The van der Waals surface area contributed by atoms with Crippen molar-refractivity contribution in [1.29, 1.82) is 5.26 Å². The van der Waals surface area contributed by atoms with E-state index in [-0.39, 0.29) is 5.69 Å². The van der Waals surface area contributed by atoms with Crippen LogP contribution in [0.2, 0.25) is 0 Å². The summed E-state index contributed by atoms with van der Waals surface area (Å²) in [4.78, 5) is 0. The van der Waals surface area contributed by atoms with E-state index in [2.05, 4.69) is 38.9 Å². The number of rotatable bonds is 4. The second kappa shape index (κ2) is 5.18. The number of hydrogen-bond acceptors (Lipinski definition) is 4. The number of aliphatic hydroxyl groups is 1. The van der Waals surface area contributed by atoms with Gasteiger partial charge in [0.15, 0.2) is 5.69 Å². The van der Waals surface area contributed by atoms with Gasteiger partial charge >= 0.3 is 0 Å². The average Bonchev–Trinajstić information content (AvgIpc) is 3.02. The molecule has 6 nitrogen and oxygen atoms in total. The molecule has 1 saturated carbocycles. The van der Waals surface area contributed by atoms with Gasteiger partial charge in [-0.15, -0.1) is 0 Å². The molecule has 1 fully saturated rings. The Morgan fingerprint density at radius 1 is 1.45 bits per heavy atom. The molecule has 0 aliphatic heterocycles. The Morgan fingerprint density at radius 2 is 2.20 bits per heavy atom. The number of aliphatic hydroxyl groups excluding tert-OH is 1. The van der Waals surface area contributed by atoms with E-state index in [9.17, 15) is 10.4 Å². The Morgan fingerprint density at radius 3 is 2.75 bits per heavy atom. The summed E-state index contributed by atoms with van der Waals surface area (Å²) in [5.74, 6) is 0.671. The summed E-state index contributed by atoms with van der Waals surface area (Å²) in [6.45, 7) is 0.825. The van der Waals surface area contributed by atoms with Gasteiger partial charge in [-0.05, 0) is 41.4 Å². The molecule has 0 aromatic carbocycles. The smallest absolute Gasteiger partial charge is 0.168 e. The van der Waals surface area contributed by atoms with Gasteiger partial charge in [-0.25, -0.2) is 0 Å². The second-order valence-electron chi connectivity index (χ2n) is 5.16. The van der Waals surface area contributed by atoms with Crippen LogP contribution in [0.25, 0.3) is 0 Å². The number of aromatic nitrogens is 4. The van der Waals surface area contributed by atoms with Crippen molar-refractivity contribution in [3.05, 3.63) is 32.9 Å². The number of nitrogens with zero attached hydrogens (tertiary/aromatic N) is 5. The zero-order valence-corrected chi connectivity index (χ0v) is 13.1. The maximum atomic E-state index is 10.5. The van der Waals surface area contributed by atoms with E-state index >= 15 is 0 Å². The molecule has 0 saturated heterocycles. The maximum Gasteiger partial charge on any atom is 0.168 e. The van der Waals surface area contributed by atoms with Gasteiger partial charge in [0.2, 0.25) is 0 Å². The summed E-state index contributed by atoms with van der Waals surface area (Å²) in [6.07, 6.45) is 5.13. The predicted octanol–water partition coefficient (Wildman–Crippen LogP) is 1.58. The van der Waals surface area contributed by atoms with E-state index in [1.807, 2.05) is 0 Å². The SMILES string of the molecule is Cn1cc(C(O)c2cn(CC3CC3)nc2C#N)c(I)n1. The molecule has 1 aliphatic carbocycles. The monoisotopic (exact) mass is 383 g/mol. The van der Waals surface area contributed by atoms with E-state index in [0.717, 1.165) is 10.2 Å². The summed E-state index contributed by atoms with van der Waals surface area (Å²) in [5.41, 5.74) is 1.55. The first kappa shape index (κ1) is 13.6. The molecule has 0 bridgehead atoms. The zero-order valence-electron chi connectivity index (χ0n) is 11.0. The lowest BCUT2D eigenvalue weighted by molar-refractivity contribution is 0.219. The van der Waals surface area contributed by atoms with Crippen LogP contribution in [0.15, 0.2) is 12.4 Å². The third-order valence-corrected chi connectivity index (χ3v) is 4.28. The van der Waals surface area contributed by atoms with Gasteiger partial charge in [0, 0.05) is 37.1 Å². The molecular formula is C13H14IN5O. The number of halogens is 1. The lowest BCUT2D eigenvalue weighted by Gasteiger charge is -2.06. The van der Waals surface area contributed by atoms with Crippen LogP contribution in [0.3, 0.4) is 0 Å².